The monoisotopic (exact) mass is 349 g/mol. The lowest BCUT2D eigenvalue weighted by Gasteiger charge is -2.34. The molecule has 0 aromatic heterocycles. The standard InChI is InChI=1S/C16H20BrN3O/c1-16(2)5-3-11(4-6-16)19-15(21)12-7-10-8-14(17)18-9-13(10)20-12/h7-11H,3-6H2,1-2H3,(H,19,21). The lowest BCUT2D eigenvalue weighted by atomic mass is 9.75. The van der Waals surface area contributed by atoms with E-state index in [4.69, 9.17) is 0 Å². The van der Waals surface area contributed by atoms with Crippen LogP contribution in [0, 0.1) is 11.3 Å². The minimum absolute atomic E-state index is 0.0560. The molecular formula is C16H20BrN3O. The summed E-state index contributed by atoms with van der Waals surface area (Å²) in [6.07, 6.45) is 10.0. The molecule has 4 nitrogen and oxygen atoms in total. The van der Waals surface area contributed by atoms with Crippen LogP contribution in [0.5, 0.6) is 0 Å². The Bertz CT molecular complexity index is 576. The molecule has 0 saturated heterocycles. The fourth-order valence-corrected chi connectivity index (χ4v) is 3.39. The molecule has 0 spiro atoms. The summed E-state index contributed by atoms with van der Waals surface area (Å²) in [7, 11) is 0. The molecular weight excluding hydrogens is 330 g/mol. The predicted octanol–water partition coefficient (Wildman–Crippen LogP) is 3.35. The number of hydrogen-bond acceptors (Lipinski definition) is 3. The molecule has 0 aromatic carbocycles. The van der Waals surface area contributed by atoms with Crippen molar-refractivity contribution in [2.24, 2.45) is 21.3 Å². The summed E-state index contributed by atoms with van der Waals surface area (Å²) in [6.45, 7) is 4.59. The molecule has 1 atom stereocenters. The van der Waals surface area contributed by atoms with Gasteiger partial charge in [-0.25, -0.2) is 9.98 Å². The van der Waals surface area contributed by atoms with Crippen molar-refractivity contribution < 1.29 is 4.79 Å². The van der Waals surface area contributed by atoms with Crippen LogP contribution in [0.25, 0.3) is 0 Å². The Hall–Kier alpha value is -1.23. The van der Waals surface area contributed by atoms with Crippen molar-refractivity contribution in [2.45, 2.75) is 45.6 Å². The van der Waals surface area contributed by atoms with Gasteiger partial charge in [-0.05, 0) is 59.2 Å². The van der Waals surface area contributed by atoms with E-state index in [1.807, 2.05) is 12.2 Å². The summed E-state index contributed by atoms with van der Waals surface area (Å²) in [5, 5.41) is 3.13. The molecule has 21 heavy (non-hydrogen) atoms. The zero-order valence-electron chi connectivity index (χ0n) is 12.4. The topological polar surface area (TPSA) is 53.8 Å². The van der Waals surface area contributed by atoms with Gasteiger partial charge in [-0.2, -0.15) is 0 Å². The summed E-state index contributed by atoms with van der Waals surface area (Å²) in [4.78, 5) is 20.9. The van der Waals surface area contributed by atoms with E-state index in [2.05, 4.69) is 45.1 Å². The van der Waals surface area contributed by atoms with Crippen LogP contribution in [-0.2, 0) is 4.79 Å². The van der Waals surface area contributed by atoms with Crippen LogP contribution in [0.3, 0.4) is 0 Å². The van der Waals surface area contributed by atoms with Gasteiger partial charge in [0, 0.05) is 12.0 Å². The first-order chi connectivity index (χ1) is 9.93. The van der Waals surface area contributed by atoms with Crippen LogP contribution in [-0.4, -0.2) is 23.9 Å². The van der Waals surface area contributed by atoms with E-state index in [0.717, 1.165) is 36.0 Å². The average molecular weight is 350 g/mol. The van der Waals surface area contributed by atoms with Crippen molar-refractivity contribution in [3.05, 3.63) is 22.5 Å². The van der Waals surface area contributed by atoms with E-state index < -0.39 is 0 Å². The van der Waals surface area contributed by atoms with Crippen molar-refractivity contribution in [3.8, 4) is 0 Å². The second kappa shape index (κ2) is 5.52. The van der Waals surface area contributed by atoms with Gasteiger partial charge in [0.2, 0.25) is 0 Å². The number of aliphatic imine (C=N–C) groups is 2. The number of hydrogen-bond donors (Lipinski definition) is 1. The highest BCUT2D eigenvalue weighted by atomic mass is 79.9. The van der Waals surface area contributed by atoms with Crippen LogP contribution < -0.4 is 5.32 Å². The van der Waals surface area contributed by atoms with E-state index in [0.29, 0.717) is 11.1 Å². The molecule has 2 aliphatic heterocycles. The molecule has 1 fully saturated rings. The first-order valence-corrected chi connectivity index (χ1v) is 8.25. The Kier molecular flexibility index (Phi) is 3.86. The molecule has 0 radical (unpaired) electrons. The van der Waals surface area contributed by atoms with E-state index in [9.17, 15) is 4.79 Å². The summed E-state index contributed by atoms with van der Waals surface area (Å²) in [6, 6.07) is 0.283. The van der Waals surface area contributed by atoms with Gasteiger partial charge in [-0.1, -0.05) is 13.8 Å². The van der Waals surface area contributed by atoms with Crippen molar-refractivity contribution >= 4 is 33.8 Å². The molecule has 3 aliphatic rings. The predicted molar refractivity (Wildman–Crippen MR) is 88.7 cm³/mol. The largest absolute Gasteiger partial charge is 0.348 e. The van der Waals surface area contributed by atoms with Gasteiger partial charge in [0.15, 0.2) is 0 Å². The molecule has 1 unspecified atom stereocenters. The van der Waals surface area contributed by atoms with Crippen molar-refractivity contribution in [1.82, 2.24) is 5.32 Å². The molecule has 0 aromatic rings. The molecule has 1 amide bonds. The maximum absolute atomic E-state index is 12.3. The van der Waals surface area contributed by atoms with Crippen molar-refractivity contribution in [1.29, 1.82) is 0 Å². The van der Waals surface area contributed by atoms with E-state index in [1.165, 1.54) is 0 Å². The first kappa shape index (κ1) is 14.7. The number of nitrogens with zero attached hydrogens (tertiary/aromatic N) is 2. The summed E-state index contributed by atoms with van der Waals surface area (Å²) in [5.41, 5.74) is 1.77. The molecule has 5 heteroatoms. The maximum atomic E-state index is 12.3. The van der Waals surface area contributed by atoms with Gasteiger partial charge < -0.3 is 5.32 Å². The van der Waals surface area contributed by atoms with Crippen LogP contribution in [0.2, 0.25) is 0 Å². The number of carbonyl (C=O) groups excluding carboxylic acids is 1. The minimum Gasteiger partial charge on any atom is -0.348 e. The van der Waals surface area contributed by atoms with Crippen molar-refractivity contribution in [3.63, 3.8) is 0 Å². The normalized spacial score (nSPS) is 27.6. The number of halogens is 1. The SMILES string of the molecule is CC1(C)CCC(NC(=O)C2=CC3C=C(Br)N=CC3=N2)CC1. The van der Waals surface area contributed by atoms with Crippen LogP contribution >= 0.6 is 15.9 Å². The first-order valence-electron chi connectivity index (χ1n) is 7.46. The quantitative estimate of drug-likeness (QED) is 0.763. The Balaban J connectivity index is 1.61. The second-order valence-corrected chi connectivity index (χ2v) is 7.59. The van der Waals surface area contributed by atoms with Gasteiger partial charge >= 0.3 is 0 Å². The number of rotatable bonds is 2. The molecule has 112 valence electrons. The number of carbonyl (C=O) groups is 1. The second-order valence-electron chi connectivity index (χ2n) is 6.77. The summed E-state index contributed by atoms with van der Waals surface area (Å²) < 4.78 is 0.791. The lowest BCUT2D eigenvalue weighted by molar-refractivity contribution is -0.118. The lowest BCUT2D eigenvalue weighted by Crippen LogP contribution is -2.39. The number of amides is 1. The van der Waals surface area contributed by atoms with Crippen LogP contribution in [0.4, 0.5) is 0 Å². The van der Waals surface area contributed by atoms with Gasteiger partial charge in [0.1, 0.15) is 10.3 Å². The fraction of sp³-hybridized carbons (Fsp3) is 0.562. The summed E-state index contributed by atoms with van der Waals surface area (Å²) in [5.74, 6) is 0.0162. The third-order valence-corrected chi connectivity index (χ3v) is 4.94. The number of allylic oxidation sites excluding steroid dienone is 2. The Labute approximate surface area is 133 Å². The molecule has 1 saturated carbocycles. The van der Waals surface area contributed by atoms with E-state index >= 15 is 0 Å². The third-order valence-electron chi connectivity index (χ3n) is 4.47. The minimum atomic E-state index is -0.0560. The highest BCUT2D eigenvalue weighted by Crippen LogP contribution is 2.35. The van der Waals surface area contributed by atoms with Gasteiger partial charge in [-0.3, -0.25) is 4.79 Å². The number of fused-ring (bicyclic) bond motifs is 1. The molecule has 0 bridgehead atoms. The zero-order valence-corrected chi connectivity index (χ0v) is 14.0. The van der Waals surface area contributed by atoms with Gasteiger partial charge in [-0.15, -0.1) is 0 Å². The molecule has 3 rings (SSSR count). The highest BCUT2D eigenvalue weighted by Gasteiger charge is 2.29. The average Bonchev–Trinajstić information content (AvgIpc) is 2.84. The van der Waals surface area contributed by atoms with Gasteiger partial charge in [0.05, 0.1) is 11.9 Å². The van der Waals surface area contributed by atoms with Crippen LogP contribution in [0.1, 0.15) is 39.5 Å². The van der Waals surface area contributed by atoms with E-state index in [1.54, 1.807) is 6.21 Å². The fourth-order valence-electron chi connectivity index (χ4n) is 3.00. The Morgan fingerprint density at radius 2 is 2.05 bits per heavy atom. The van der Waals surface area contributed by atoms with Crippen molar-refractivity contribution in [2.75, 3.05) is 0 Å². The highest BCUT2D eigenvalue weighted by molar-refractivity contribution is 9.11. The smallest absolute Gasteiger partial charge is 0.269 e. The Morgan fingerprint density at radius 1 is 1.33 bits per heavy atom. The summed E-state index contributed by atoms with van der Waals surface area (Å²) >= 11 is 3.35. The molecule has 1 aliphatic carbocycles. The molecule has 2 heterocycles. The van der Waals surface area contributed by atoms with Crippen LogP contribution in [0.15, 0.2) is 32.4 Å². The molecule has 1 N–H and O–H groups in total. The van der Waals surface area contributed by atoms with Gasteiger partial charge in [0.25, 0.3) is 5.91 Å². The number of nitrogens with one attached hydrogen (secondary N) is 1. The zero-order chi connectivity index (χ0) is 15.0. The van der Waals surface area contributed by atoms with E-state index in [-0.39, 0.29) is 17.9 Å². The third kappa shape index (κ3) is 3.34. The Morgan fingerprint density at radius 3 is 2.76 bits per heavy atom. The maximum Gasteiger partial charge on any atom is 0.269 e.